The number of rotatable bonds is 4. The van der Waals surface area contributed by atoms with Gasteiger partial charge in [0.05, 0.1) is 14.1 Å². The van der Waals surface area contributed by atoms with Gasteiger partial charge in [-0.05, 0) is 12.1 Å². The Balaban J connectivity index is 2.51. The van der Waals surface area contributed by atoms with E-state index in [2.05, 4.69) is 0 Å². The van der Waals surface area contributed by atoms with Crippen LogP contribution in [0, 0.1) is 0 Å². The number of para-hydroxylation sites is 1. The first kappa shape index (κ1) is 11.5. The van der Waals surface area contributed by atoms with Crippen LogP contribution < -0.4 is 4.90 Å². The second-order valence-electron chi connectivity index (χ2n) is 3.61. The van der Waals surface area contributed by atoms with Crippen molar-refractivity contribution in [3.05, 3.63) is 29.8 Å². The van der Waals surface area contributed by atoms with Crippen LogP contribution in [0.3, 0.4) is 0 Å². The van der Waals surface area contributed by atoms with Crippen molar-refractivity contribution in [3.63, 3.8) is 0 Å². The van der Waals surface area contributed by atoms with E-state index < -0.39 is 5.97 Å². The molecule has 1 aromatic carbocycles. The lowest BCUT2D eigenvalue weighted by atomic mass is 10.2. The summed E-state index contributed by atoms with van der Waals surface area (Å²) in [6.07, 6.45) is 0. The molecular formula is C11H16NO3+. The Labute approximate surface area is 89.1 Å². The number of benzene rings is 1. The molecule has 0 unspecified atom stereocenters. The molecule has 0 bridgehead atoms. The molecule has 0 amide bonds. The number of likely N-dealkylation sites (N-methyl/N-ethyl adjacent to an activating group) is 1. The Morgan fingerprint density at radius 2 is 2.07 bits per heavy atom. The van der Waals surface area contributed by atoms with Crippen LogP contribution in [0.5, 0.6) is 5.75 Å². The molecule has 1 aromatic rings. The van der Waals surface area contributed by atoms with Crippen LogP contribution in [0.25, 0.3) is 0 Å². The summed E-state index contributed by atoms with van der Waals surface area (Å²) in [7, 11) is 3.96. The molecule has 82 valence electrons. The van der Waals surface area contributed by atoms with E-state index in [0.29, 0.717) is 6.61 Å². The number of ether oxygens (including phenoxy) is 1. The third-order valence-corrected chi connectivity index (χ3v) is 1.96. The molecule has 0 saturated heterocycles. The van der Waals surface area contributed by atoms with Crippen molar-refractivity contribution in [1.29, 1.82) is 0 Å². The number of carbonyl (C=O) groups is 1. The van der Waals surface area contributed by atoms with Crippen molar-refractivity contribution in [2.75, 3.05) is 27.2 Å². The van der Waals surface area contributed by atoms with Crippen LogP contribution >= 0.6 is 0 Å². The van der Waals surface area contributed by atoms with Crippen molar-refractivity contribution < 1.29 is 19.5 Å². The molecule has 0 atom stereocenters. The summed E-state index contributed by atoms with van der Waals surface area (Å²) >= 11 is 0. The number of hydrogen-bond donors (Lipinski definition) is 2. The Kier molecular flexibility index (Phi) is 4.12. The Hall–Kier alpha value is -1.55. The second-order valence-corrected chi connectivity index (χ2v) is 3.61. The van der Waals surface area contributed by atoms with Gasteiger partial charge in [-0.3, -0.25) is 0 Å². The molecule has 4 heteroatoms. The molecule has 1 rings (SSSR count). The van der Waals surface area contributed by atoms with E-state index in [1.807, 2.05) is 14.1 Å². The van der Waals surface area contributed by atoms with Gasteiger partial charge in [0.2, 0.25) is 0 Å². The van der Waals surface area contributed by atoms with Crippen molar-refractivity contribution in [1.82, 2.24) is 0 Å². The highest BCUT2D eigenvalue weighted by molar-refractivity contribution is 5.92. The van der Waals surface area contributed by atoms with Gasteiger partial charge in [-0.15, -0.1) is 0 Å². The lowest BCUT2D eigenvalue weighted by Crippen LogP contribution is -3.06. The number of phenols is 1. The maximum Gasteiger partial charge on any atom is 0.342 e. The van der Waals surface area contributed by atoms with Gasteiger partial charge in [-0.25, -0.2) is 4.79 Å². The fourth-order valence-electron chi connectivity index (χ4n) is 1.07. The van der Waals surface area contributed by atoms with Gasteiger partial charge in [0, 0.05) is 0 Å². The summed E-state index contributed by atoms with van der Waals surface area (Å²) in [4.78, 5) is 12.7. The van der Waals surface area contributed by atoms with Gasteiger partial charge in [-0.2, -0.15) is 0 Å². The molecule has 0 radical (unpaired) electrons. The molecule has 0 saturated carbocycles. The number of nitrogens with one attached hydrogen (secondary N) is 1. The van der Waals surface area contributed by atoms with E-state index in [-0.39, 0.29) is 11.3 Å². The van der Waals surface area contributed by atoms with Crippen LogP contribution in [-0.4, -0.2) is 38.3 Å². The van der Waals surface area contributed by atoms with Crippen molar-refractivity contribution in [3.8, 4) is 5.75 Å². The summed E-state index contributed by atoms with van der Waals surface area (Å²) in [5, 5.41) is 9.38. The summed E-state index contributed by atoms with van der Waals surface area (Å²) in [5.74, 6) is -0.519. The highest BCUT2D eigenvalue weighted by atomic mass is 16.5. The molecule has 2 N–H and O–H groups in total. The highest BCUT2D eigenvalue weighted by Crippen LogP contribution is 2.16. The lowest BCUT2D eigenvalue weighted by Gasteiger charge is -2.08. The molecule has 4 nitrogen and oxygen atoms in total. The smallest absolute Gasteiger partial charge is 0.342 e. The summed E-state index contributed by atoms with van der Waals surface area (Å²) in [6, 6.07) is 6.36. The van der Waals surface area contributed by atoms with Crippen molar-refractivity contribution in [2.45, 2.75) is 0 Å². The molecular weight excluding hydrogens is 194 g/mol. The molecule has 0 aromatic heterocycles. The van der Waals surface area contributed by atoms with Gasteiger partial charge < -0.3 is 14.7 Å². The zero-order valence-electron chi connectivity index (χ0n) is 8.99. The predicted molar refractivity (Wildman–Crippen MR) is 56.1 cm³/mol. The topological polar surface area (TPSA) is 51.0 Å². The van der Waals surface area contributed by atoms with Crippen LogP contribution in [0.1, 0.15) is 10.4 Å². The van der Waals surface area contributed by atoms with Gasteiger partial charge >= 0.3 is 5.97 Å². The first-order valence-corrected chi connectivity index (χ1v) is 4.85. The van der Waals surface area contributed by atoms with Crippen LogP contribution in [0.2, 0.25) is 0 Å². The zero-order chi connectivity index (χ0) is 11.3. The summed E-state index contributed by atoms with van der Waals surface area (Å²) in [6.45, 7) is 1.11. The van der Waals surface area contributed by atoms with Gasteiger partial charge in [0.1, 0.15) is 24.5 Å². The maximum atomic E-state index is 11.5. The van der Waals surface area contributed by atoms with Crippen molar-refractivity contribution in [2.24, 2.45) is 0 Å². The minimum atomic E-state index is -0.477. The fourth-order valence-corrected chi connectivity index (χ4v) is 1.07. The van der Waals surface area contributed by atoms with E-state index in [1.54, 1.807) is 18.2 Å². The summed E-state index contributed by atoms with van der Waals surface area (Å²) in [5.41, 5.74) is 0.214. The number of aromatic hydroxyl groups is 1. The quantitative estimate of drug-likeness (QED) is 0.670. The molecule has 0 fully saturated rings. The van der Waals surface area contributed by atoms with E-state index in [9.17, 15) is 9.90 Å². The average molecular weight is 210 g/mol. The lowest BCUT2D eigenvalue weighted by molar-refractivity contribution is -0.858. The van der Waals surface area contributed by atoms with Crippen molar-refractivity contribution >= 4 is 5.97 Å². The maximum absolute atomic E-state index is 11.5. The minimum absolute atomic E-state index is 0.0419. The van der Waals surface area contributed by atoms with Crippen LogP contribution in [0.15, 0.2) is 24.3 Å². The molecule has 0 aliphatic heterocycles. The number of quaternary nitrogens is 1. The standard InChI is InChI=1S/C11H15NO3/c1-12(2)7-8-15-11(14)9-5-3-4-6-10(9)13/h3-6,13H,7-8H2,1-2H3/p+1. The molecule has 0 heterocycles. The van der Waals surface area contributed by atoms with Crippen LogP contribution in [-0.2, 0) is 4.74 Å². The SMILES string of the molecule is C[NH+](C)CCOC(=O)c1ccccc1O. The molecule has 0 aliphatic carbocycles. The number of carbonyl (C=O) groups excluding carboxylic acids is 1. The predicted octanol–water partition coefficient (Wildman–Crippen LogP) is -0.306. The van der Waals surface area contributed by atoms with E-state index in [1.165, 1.54) is 11.0 Å². The van der Waals surface area contributed by atoms with Crippen LogP contribution in [0.4, 0.5) is 0 Å². The zero-order valence-corrected chi connectivity index (χ0v) is 8.99. The molecule has 15 heavy (non-hydrogen) atoms. The Bertz CT molecular complexity index is 336. The Morgan fingerprint density at radius 3 is 2.67 bits per heavy atom. The fraction of sp³-hybridized carbons (Fsp3) is 0.364. The average Bonchev–Trinajstić information content (AvgIpc) is 2.17. The minimum Gasteiger partial charge on any atom is -0.507 e. The third kappa shape index (κ3) is 3.59. The molecule has 0 aliphatic rings. The van der Waals surface area contributed by atoms with Gasteiger partial charge in [0.25, 0.3) is 0 Å². The van der Waals surface area contributed by atoms with E-state index in [4.69, 9.17) is 4.74 Å². The molecule has 0 spiro atoms. The normalized spacial score (nSPS) is 10.3. The van der Waals surface area contributed by atoms with Gasteiger partial charge in [-0.1, -0.05) is 12.1 Å². The Morgan fingerprint density at radius 1 is 1.40 bits per heavy atom. The monoisotopic (exact) mass is 210 g/mol. The van der Waals surface area contributed by atoms with E-state index in [0.717, 1.165) is 6.54 Å². The number of phenolic OH excluding ortho intramolecular Hbond substituents is 1. The first-order valence-electron chi connectivity index (χ1n) is 4.85. The third-order valence-electron chi connectivity index (χ3n) is 1.96. The second kappa shape index (κ2) is 5.36. The summed E-state index contributed by atoms with van der Waals surface area (Å²) < 4.78 is 5.00. The van der Waals surface area contributed by atoms with E-state index >= 15 is 0 Å². The highest BCUT2D eigenvalue weighted by Gasteiger charge is 2.11. The largest absolute Gasteiger partial charge is 0.507 e. The number of esters is 1. The van der Waals surface area contributed by atoms with Gasteiger partial charge in [0.15, 0.2) is 0 Å². The first-order chi connectivity index (χ1) is 7.11. The number of hydrogen-bond acceptors (Lipinski definition) is 3.